The number of hydrogen-bond donors (Lipinski definition) is 2. The normalized spacial score (nSPS) is 11.3. The molecular weight excluding hydrogens is 420 g/mol. The lowest BCUT2D eigenvalue weighted by atomic mass is 10.2. The second-order valence-corrected chi connectivity index (χ2v) is 5.24. The number of nitrogens with one attached hydrogen (secondary N) is 2. The number of benzene rings is 2. The molecule has 2 rings (SSSR count). The van der Waals surface area contributed by atoms with Gasteiger partial charge in [0, 0.05) is 17.8 Å². The molecule has 0 aromatic heterocycles. The molecule has 0 saturated heterocycles. The smallest absolute Gasteiger partial charge is 0.422 e. The topological polar surface area (TPSA) is 67.4 Å². The summed E-state index contributed by atoms with van der Waals surface area (Å²) in [4.78, 5) is 23.4. The van der Waals surface area contributed by atoms with E-state index in [0.29, 0.717) is 0 Å². The first-order valence-electron chi connectivity index (χ1n) is 7.32. The van der Waals surface area contributed by atoms with Crippen LogP contribution in [0.5, 0.6) is 5.75 Å². The predicted octanol–water partition coefficient (Wildman–Crippen LogP) is 4.44. The standard InChI is InChI=1S/C16H8F8N2O3/c17-7-2-1-3-8(18)11(7)13(27)26-15(28)25-6-4-9(19)12(10(20)5-6)29-16(23,24)14(21)22/h1-5,14H,(H2,25,26,27,28). The molecule has 0 saturated carbocycles. The van der Waals surface area contributed by atoms with Gasteiger partial charge in [-0.05, 0) is 12.1 Å². The zero-order chi connectivity index (χ0) is 21.9. The Labute approximate surface area is 156 Å². The molecule has 5 nitrogen and oxygen atoms in total. The zero-order valence-corrected chi connectivity index (χ0v) is 13.7. The number of imide groups is 1. The van der Waals surface area contributed by atoms with E-state index < -0.39 is 64.7 Å². The number of rotatable bonds is 5. The number of alkyl halides is 4. The van der Waals surface area contributed by atoms with Crippen molar-refractivity contribution < 1.29 is 49.4 Å². The van der Waals surface area contributed by atoms with Crippen LogP contribution in [0.1, 0.15) is 10.4 Å². The quantitative estimate of drug-likeness (QED) is 0.692. The number of carbonyl (C=O) groups excluding carboxylic acids is 2. The van der Waals surface area contributed by atoms with Gasteiger partial charge in [0.1, 0.15) is 17.2 Å². The van der Waals surface area contributed by atoms with Gasteiger partial charge in [0.15, 0.2) is 17.4 Å². The Morgan fingerprint density at radius 3 is 1.93 bits per heavy atom. The van der Waals surface area contributed by atoms with Crippen LogP contribution in [0.2, 0.25) is 0 Å². The summed E-state index contributed by atoms with van der Waals surface area (Å²) in [7, 11) is 0. The Kier molecular flexibility index (Phi) is 6.29. The van der Waals surface area contributed by atoms with Gasteiger partial charge >= 0.3 is 18.6 Å². The van der Waals surface area contributed by atoms with Gasteiger partial charge in [-0.15, -0.1) is 0 Å². The summed E-state index contributed by atoms with van der Waals surface area (Å²) < 4.78 is 107. The van der Waals surface area contributed by atoms with Crippen molar-refractivity contribution in [1.29, 1.82) is 0 Å². The molecule has 0 spiro atoms. The van der Waals surface area contributed by atoms with E-state index in [1.165, 1.54) is 5.32 Å². The van der Waals surface area contributed by atoms with E-state index >= 15 is 0 Å². The first kappa shape index (κ1) is 21.9. The number of urea groups is 1. The van der Waals surface area contributed by atoms with Gasteiger partial charge in [-0.3, -0.25) is 10.1 Å². The lowest BCUT2D eigenvalue weighted by Crippen LogP contribution is -2.35. The van der Waals surface area contributed by atoms with Crippen LogP contribution < -0.4 is 15.4 Å². The molecule has 13 heteroatoms. The molecule has 0 unspecified atom stereocenters. The SMILES string of the molecule is O=C(NC(=O)c1c(F)cccc1F)Nc1cc(F)c(OC(F)(F)C(F)F)c(F)c1. The van der Waals surface area contributed by atoms with Crippen molar-refractivity contribution in [2.75, 3.05) is 5.32 Å². The number of hydrogen-bond acceptors (Lipinski definition) is 3. The highest BCUT2D eigenvalue weighted by molar-refractivity contribution is 6.08. The van der Waals surface area contributed by atoms with Crippen LogP contribution in [-0.4, -0.2) is 24.5 Å². The van der Waals surface area contributed by atoms with Crippen molar-refractivity contribution in [3.05, 3.63) is 59.2 Å². The van der Waals surface area contributed by atoms with Crippen LogP contribution >= 0.6 is 0 Å². The Morgan fingerprint density at radius 2 is 1.45 bits per heavy atom. The molecule has 29 heavy (non-hydrogen) atoms. The van der Waals surface area contributed by atoms with Crippen molar-refractivity contribution in [2.45, 2.75) is 12.5 Å². The van der Waals surface area contributed by atoms with Crippen molar-refractivity contribution in [3.8, 4) is 5.75 Å². The lowest BCUT2D eigenvalue weighted by Gasteiger charge is -2.18. The molecule has 0 atom stereocenters. The van der Waals surface area contributed by atoms with Crippen molar-refractivity contribution in [2.24, 2.45) is 0 Å². The molecule has 2 aromatic carbocycles. The summed E-state index contributed by atoms with van der Waals surface area (Å²) in [5.74, 6) is -9.73. The molecule has 0 fully saturated rings. The summed E-state index contributed by atoms with van der Waals surface area (Å²) in [5, 5.41) is 3.16. The number of ether oxygens (including phenoxy) is 1. The predicted molar refractivity (Wildman–Crippen MR) is 80.8 cm³/mol. The summed E-state index contributed by atoms with van der Waals surface area (Å²) >= 11 is 0. The Morgan fingerprint density at radius 1 is 0.931 bits per heavy atom. The fourth-order valence-electron chi connectivity index (χ4n) is 1.95. The maximum absolute atomic E-state index is 13.7. The molecule has 0 bridgehead atoms. The van der Waals surface area contributed by atoms with Gasteiger partial charge in [-0.25, -0.2) is 22.4 Å². The summed E-state index contributed by atoms with van der Waals surface area (Å²) in [5.41, 5.74) is -1.87. The Balaban J connectivity index is 2.14. The van der Waals surface area contributed by atoms with Gasteiger partial charge in [0.25, 0.3) is 5.91 Å². The highest BCUT2D eigenvalue weighted by Crippen LogP contribution is 2.33. The van der Waals surface area contributed by atoms with Gasteiger partial charge in [0.2, 0.25) is 0 Å². The third kappa shape index (κ3) is 5.12. The van der Waals surface area contributed by atoms with Gasteiger partial charge < -0.3 is 10.1 Å². The first-order chi connectivity index (χ1) is 13.4. The van der Waals surface area contributed by atoms with E-state index in [1.807, 2.05) is 0 Å². The molecular formula is C16H8F8N2O3. The second-order valence-electron chi connectivity index (χ2n) is 5.24. The molecule has 156 valence electrons. The average Bonchev–Trinajstić information content (AvgIpc) is 2.57. The molecule has 0 radical (unpaired) electrons. The van der Waals surface area contributed by atoms with E-state index in [2.05, 4.69) is 4.74 Å². The van der Waals surface area contributed by atoms with Gasteiger partial charge in [0.05, 0.1) is 0 Å². The maximum atomic E-state index is 13.7. The van der Waals surface area contributed by atoms with Gasteiger partial charge in [-0.1, -0.05) is 6.07 Å². The molecule has 0 heterocycles. The maximum Gasteiger partial charge on any atom is 0.461 e. The minimum absolute atomic E-state index is 0.216. The Hall–Kier alpha value is -3.38. The van der Waals surface area contributed by atoms with Crippen molar-refractivity contribution in [1.82, 2.24) is 5.32 Å². The number of anilines is 1. The van der Waals surface area contributed by atoms with Crippen LogP contribution in [0.3, 0.4) is 0 Å². The Bertz CT molecular complexity index is 909. The fraction of sp³-hybridized carbons (Fsp3) is 0.125. The van der Waals surface area contributed by atoms with E-state index in [1.54, 1.807) is 5.32 Å². The monoisotopic (exact) mass is 428 g/mol. The molecule has 0 aliphatic carbocycles. The van der Waals surface area contributed by atoms with E-state index in [4.69, 9.17) is 0 Å². The van der Waals surface area contributed by atoms with Crippen LogP contribution in [0.15, 0.2) is 30.3 Å². The van der Waals surface area contributed by atoms with Crippen LogP contribution in [0.4, 0.5) is 45.6 Å². The highest BCUT2D eigenvalue weighted by atomic mass is 19.3. The van der Waals surface area contributed by atoms with Crippen LogP contribution in [0.25, 0.3) is 0 Å². The second kappa shape index (κ2) is 8.32. The first-order valence-corrected chi connectivity index (χ1v) is 7.32. The highest BCUT2D eigenvalue weighted by Gasteiger charge is 2.45. The zero-order valence-electron chi connectivity index (χ0n) is 13.7. The lowest BCUT2D eigenvalue weighted by molar-refractivity contribution is -0.255. The molecule has 3 amide bonds. The largest absolute Gasteiger partial charge is 0.461 e. The molecule has 2 aromatic rings. The van der Waals surface area contributed by atoms with E-state index in [-0.39, 0.29) is 12.1 Å². The molecule has 0 aliphatic rings. The van der Waals surface area contributed by atoms with Crippen molar-refractivity contribution in [3.63, 3.8) is 0 Å². The third-order valence-electron chi connectivity index (χ3n) is 3.17. The molecule has 2 N–H and O–H groups in total. The third-order valence-corrected chi connectivity index (χ3v) is 3.17. The van der Waals surface area contributed by atoms with Gasteiger partial charge in [-0.2, -0.15) is 17.6 Å². The van der Waals surface area contributed by atoms with E-state index in [9.17, 15) is 44.7 Å². The fourth-order valence-corrected chi connectivity index (χ4v) is 1.95. The summed E-state index contributed by atoms with van der Waals surface area (Å²) in [6.45, 7) is 0. The van der Waals surface area contributed by atoms with Crippen LogP contribution in [-0.2, 0) is 0 Å². The average molecular weight is 428 g/mol. The summed E-state index contributed by atoms with van der Waals surface area (Å²) in [6.07, 6.45) is -9.57. The van der Waals surface area contributed by atoms with E-state index in [0.717, 1.165) is 18.2 Å². The molecule has 0 aliphatic heterocycles. The minimum Gasteiger partial charge on any atom is -0.422 e. The van der Waals surface area contributed by atoms with Crippen LogP contribution in [0, 0.1) is 23.3 Å². The number of amides is 3. The van der Waals surface area contributed by atoms with Crippen molar-refractivity contribution >= 4 is 17.6 Å². The number of halogens is 8. The number of carbonyl (C=O) groups is 2. The minimum atomic E-state index is -5.19. The summed E-state index contributed by atoms with van der Waals surface area (Å²) in [6, 6.07) is 1.35.